The Kier molecular flexibility index (Phi) is 5.76. The first-order chi connectivity index (χ1) is 6.97. The maximum absolute atomic E-state index is 11.1. The number of hydrogen-bond acceptors (Lipinski definition) is 6. The zero-order valence-corrected chi connectivity index (χ0v) is 8.34. The Morgan fingerprint density at radius 3 is 2.67 bits per heavy atom. The van der Waals surface area contributed by atoms with Gasteiger partial charge in [-0.3, -0.25) is 4.79 Å². The van der Waals surface area contributed by atoms with Gasteiger partial charge in [-0.2, -0.15) is 0 Å². The van der Waals surface area contributed by atoms with Crippen LogP contribution in [0.3, 0.4) is 0 Å². The number of amides is 1. The molecule has 0 aromatic heterocycles. The molecule has 0 aromatic rings. The van der Waals surface area contributed by atoms with Gasteiger partial charge in [0.2, 0.25) is 6.41 Å². The smallest absolute Gasteiger partial charge is 0.328 e. The van der Waals surface area contributed by atoms with E-state index in [4.69, 9.17) is 4.74 Å². The lowest BCUT2D eigenvalue weighted by atomic mass is 10.3. The molecule has 0 radical (unpaired) electrons. The van der Waals surface area contributed by atoms with Crippen molar-refractivity contribution in [3.05, 3.63) is 10.1 Å². The van der Waals surface area contributed by atoms with Gasteiger partial charge in [0, 0.05) is 0 Å². The first-order valence-electron chi connectivity index (χ1n) is 4.15. The highest BCUT2D eigenvalue weighted by molar-refractivity contribution is 5.77. The zero-order valence-electron chi connectivity index (χ0n) is 8.34. The molecule has 86 valence electrons. The first-order valence-corrected chi connectivity index (χ1v) is 4.15. The maximum Gasteiger partial charge on any atom is 0.328 e. The predicted octanol–water partition coefficient (Wildman–Crippen LogP) is -0.739. The Hall–Kier alpha value is -1.86. The first kappa shape index (κ1) is 13.1. The SMILES string of the molecule is CC(CO[N+](=O)[O-])OC(=O)C(C)NC=O. The van der Waals surface area contributed by atoms with Crippen molar-refractivity contribution >= 4 is 12.4 Å². The van der Waals surface area contributed by atoms with Gasteiger partial charge in [0.25, 0.3) is 5.09 Å². The number of esters is 1. The quantitative estimate of drug-likeness (QED) is 0.262. The van der Waals surface area contributed by atoms with Crippen LogP contribution in [0.4, 0.5) is 0 Å². The van der Waals surface area contributed by atoms with E-state index in [0.717, 1.165) is 0 Å². The second-order valence-electron chi connectivity index (χ2n) is 2.77. The molecule has 8 heteroatoms. The fourth-order valence-corrected chi connectivity index (χ4v) is 0.670. The number of nitrogens with zero attached hydrogens (tertiary/aromatic N) is 1. The van der Waals surface area contributed by atoms with Gasteiger partial charge >= 0.3 is 5.97 Å². The molecule has 0 aliphatic heterocycles. The second kappa shape index (κ2) is 6.57. The summed E-state index contributed by atoms with van der Waals surface area (Å²) in [7, 11) is 0. The monoisotopic (exact) mass is 220 g/mol. The van der Waals surface area contributed by atoms with E-state index in [1.54, 1.807) is 0 Å². The Bertz CT molecular complexity index is 244. The lowest BCUT2D eigenvalue weighted by molar-refractivity contribution is -0.759. The summed E-state index contributed by atoms with van der Waals surface area (Å²) in [5, 5.41) is 11.0. The Morgan fingerprint density at radius 2 is 2.20 bits per heavy atom. The molecule has 0 saturated carbocycles. The summed E-state index contributed by atoms with van der Waals surface area (Å²) in [5.74, 6) is -0.679. The van der Waals surface area contributed by atoms with Crippen molar-refractivity contribution in [1.82, 2.24) is 5.32 Å². The molecule has 0 aromatic carbocycles. The van der Waals surface area contributed by atoms with Crippen LogP contribution in [-0.2, 0) is 19.2 Å². The van der Waals surface area contributed by atoms with Crippen molar-refractivity contribution in [2.75, 3.05) is 6.61 Å². The van der Waals surface area contributed by atoms with Gasteiger partial charge in [-0.05, 0) is 13.8 Å². The van der Waals surface area contributed by atoms with Gasteiger partial charge in [0.1, 0.15) is 18.8 Å². The molecule has 0 aliphatic rings. The topological polar surface area (TPSA) is 108 Å². The fraction of sp³-hybridized carbons (Fsp3) is 0.714. The summed E-state index contributed by atoms with van der Waals surface area (Å²) in [6.45, 7) is 2.53. The minimum Gasteiger partial charge on any atom is -0.459 e. The molecule has 0 fully saturated rings. The van der Waals surface area contributed by atoms with Crippen LogP contribution < -0.4 is 5.32 Å². The number of carbonyl (C=O) groups excluding carboxylic acids is 2. The summed E-state index contributed by atoms with van der Waals surface area (Å²) in [6.07, 6.45) is -0.386. The van der Waals surface area contributed by atoms with E-state index in [2.05, 4.69) is 10.2 Å². The third-order valence-corrected chi connectivity index (χ3v) is 1.40. The van der Waals surface area contributed by atoms with E-state index in [-0.39, 0.29) is 6.61 Å². The van der Waals surface area contributed by atoms with Crippen LogP contribution in [0.2, 0.25) is 0 Å². The van der Waals surface area contributed by atoms with Crippen LogP contribution >= 0.6 is 0 Å². The van der Waals surface area contributed by atoms with Crippen molar-refractivity contribution in [1.29, 1.82) is 0 Å². The summed E-state index contributed by atoms with van der Waals surface area (Å²) >= 11 is 0. The van der Waals surface area contributed by atoms with E-state index in [0.29, 0.717) is 6.41 Å². The molecule has 1 N–H and O–H groups in total. The largest absolute Gasteiger partial charge is 0.459 e. The number of carbonyl (C=O) groups is 2. The van der Waals surface area contributed by atoms with Crippen LogP contribution in [0.25, 0.3) is 0 Å². The minimum atomic E-state index is -0.975. The van der Waals surface area contributed by atoms with E-state index in [9.17, 15) is 19.7 Å². The third-order valence-electron chi connectivity index (χ3n) is 1.40. The predicted molar refractivity (Wildman–Crippen MR) is 47.2 cm³/mol. The van der Waals surface area contributed by atoms with E-state index >= 15 is 0 Å². The number of rotatable bonds is 7. The number of hydrogen-bond donors (Lipinski definition) is 1. The second-order valence-corrected chi connectivity index (χ2v) is 2.77. The van der Waals surface area contributed by atoms with Crippen LogP contribution in [0.1, 0.15) is 13.8 Å². The summed E-state index contributed by atoms with van der Waals surface area (Å²) in [6, 6.07) is -0.791. The normalized spacial score (nSPS) is 13.5. The highest BCUT2D eigenvalue weighted by Gasteiger charge is 2.17. The molecular formula is C7H12N2O6. The molecule has 2 unspecified atom stereocenters. The van der Waals surface area contributed by atoms with Crippen LogP contribution in [0.5, 0.6) is 0 Å². The van der Waals surface area contributed by atoms with Gasteiger partial charge in [0.05, 0.1) is 0 Å². The molecule has 0 bridgehead atoms. The standard InChI is InChI=1S/C7H12N2O6/c1-5(3-14-9(12)13)15-7(11)6(2)8-4-10/h4-6H,3H2,1-2H3,(H,8,10). The molecule has 1 amide bonds. The highest BCUT2D eigenvalue weighted by Crippen LogP contribution is 1.96. The Balaban J connectivity index is 3.84. The molecule has 0 rings (SSSR count). The van der Waals surface area contributed by atoms with Crippen molar-refractivity contribution in [2.24, 2.45) is 0 Å². The van der Waals surface area contributed by atoms with Crippen molar-refractivity contribution in [2.45, 2.75) is 26.0 Å². The van der Waals surface area contributed by atoms with E-state index < -0.39 is 23.2 Å². The molecule has 0 spiro atoms. The summed E-state index contributed by atoms with van der Waals surface area (Å²) in [5.41, 5.74) is 0. The maximum atomic E-state index is 11.1. The van der Waals surface area contributed by atoms with Crippen molar-refractivity contribution in [3.63, 3.8) is 0 Å². The molecule has 2 atom stereocenters. The van der Waals surface area contributed by atoms with Crippen LogP contribution in [0, 0.1) is 10.1 Å². The van der Waals surface area contributed by atoms with Gasteiger partial charge in [-0.25, -0.2) is 4.79 Å². The lowest BCUT2D eigenvalue weighted by Gasteiger charge is -2.15. The van der Waals surface area contributed by atoms with Gasteiger partial charge < -0.3 is 14.9 Å². The summed E-state index contributed by atoms with van der Waals surface area (Å²) < 4.78 is 4.73. The van der Waals surface area contributed by atoms with Gasteiger partial charge in [-0.1, -0.05) is 0 Å². The Morgan fingerprint density at radius 1 is 1.60 bits per heavy atom. The molecule has 0 heterocycles. The van der Waals surface area contributed by atoms with Crippen molar-refractivity contribution in [3.8, 4) is 0 Å². The molecule has 15 heavy (non-hydrogen) atoms. The van der Waals surface area contributed by atoms with Gasteiger partial charge in [-0.15, -0.1) is 10.1 Å². The van der Waals surface area contributed by atoms with Crippen molar-refractivity contribution < 1.29 is 24.3 Å². The van der Waals surface area contributed by atoms with E-state index in [1.165, 1.54) is 13.8 Å². The number of nitrogens with one attached hydrogen (secondary N) is 1. The molecule has 0 saturated heterocycles. The Labute approximate surface area is 85.6 Å². The average molecular weight is 220 g/mol. The summed E-state index contributed by atoms with van der Waals surface area (Å²) in [4.78, 5) is 34.9. The molecule has 0 aliphatic carbocycles. The van der Waals surface area contributed by atoms with Gasteiger partial charge in [0.15, 0.2) is 0 Å². The third kappa shape index (κ3) is 6.24. The number of ether oxygens (including phenoxy) is 1. The lowest BCUT2D eigenvalue weighted by Crippen LogP contribution is -2.37. The average Bonchev–Trinajstić information content (AvgIpc) is 2.15. The minimum absolute atomic E-state index is 0.341. The molecular weight excluding hydrogens is 208 g/mol. The zero-order chi connectivity index (χ0) is 11.8. The molecule has 8 nitrogen and oxygen atoms in total. The highest BCUT2D eigenvalue weighted by atomic mass is 17.0. The van der Waals surface area contributed by atoms with Crippen LogP contribution in [0.15, 0.2) is 0 Å². The van der Waals surface area contributed by atoms with Crippen LogP contribution in [-0.4, -0.2) is 36.2 Å². The van der Waals surface area contributed by atoms with E-state index in [1.807, 2.05) is 0 Å². The fourth-order valence-electron chi connectivity index (χ4n) is 0.670.